The third-order valence-electron chi connectivity index (χ3n) is 3.88. The van der Waals surface area contributed by atoms with E-state index in [1.165, 1.54) is 11.8 Å². The first-order chi connectivity index (χ1) is 11.1. The van der Waals surface area contributed by atoms with Gasteiger partial charge in [0.05, 0.1) is 18.0 Å². The van der Waals surface area contributed by atoms with E-state index < -0.39 is 18.3 Å². The minimum Gasteiger partial charge on any atom is -0.389 e. The summed E-state index contributed by atoms with van der Waals surface area (Å²) in [5, 5.41) is 34.8. The summed E-state index contributed by atoms with van der Waals surface area (Å²) in [7, 11) is 0. The van der Waals surface area contributed by atoms with E-state index in [2.05, 4.69) is 10.6 Å². The minimum absolute atomic E-state index is 0.0218. The zero-order valence-corrected chi connectivity index (χ0v) is 13.7. The molecular weight excluding hydrogens is 316 g/mol. The number of nitrogens with one attached hydrogen (secondary N) is 2. The van der Waals surface area contributed by atoms with Crippen molar-refractivity contribution in [2.75, 3.05) is 18.1 Å². The molecule has 128 valence electrons. The van der Waals surface area contributed by atoms with E-state index in [0.717, 1.165) is 5.56 Å². The first-order valence-corrected chi connectivity index (χ1v) is 8.89. The van der Waals surface area contributed by atoms with Crippen molar-refractivity contribution in [3.63, 3.8) is 0 Å². The van der Waals surface area contributed by atoms with Crippen LogP contribution in [0.25, 0.3) is 0 Å². The molecule has 1 heterocycles. The number of thioether (sulfide) groups is 1. The first kappa shape index (κ1) is 18.2. The maximum absolute atomic E-state index is 11.8. The fraction of sp³-hybridized carbons (Fsp3) is 0.562. The molecule has 1 aliphatic rings. The molecule has 1 amide bonds. The van der Waals surface area contributed by atoms with Crippen LogP contribution in [-0.4, -0.2) is 63.6 Å². The van der Waals surface area contributed by atoms with Crippen LogP contribution in [0, 0.1) is 0 Å². The molecule has 0 spiro atoms. The third-order valence-corrected chi connectivity index (χ3v) is 4.88. The van der Waals surface area contributed by atoms with Gasteiger partial charge in [-0.2, -0.15) is 11.8 Å². The van der Waals surface area contributed by atoms with Crippen molar-refractivity contribution in [2.45, 2.75) is 37.3 Å². The molecule has 0 saturated carbocycles. The van der Waals surface area contributed by atoms with Gasteiger partial charge in [-0.3, -0.25) is 4.79 Å². The molecule has 1 aliphatic heterocycles. The average Bonchev–Trinajstić information content (AvgIpc) is 2.57. The van der Waals surface area contributed by atoms with E-state index in [4.69, 9.17) is 0 Å². The van der Waals surface area contributed by atoms with Gasteiger partial charge in [-0.1, -0.05) is 30.3 Å². The largest absolute Gasteiger partial charge is 0.389 e. The van der Waals surface area contributed by atoms with Gasteiger partial charge in [0.1, 0.15) is 6.10 Å². The molecule has 2 rings (SSSR count). The smallest absolute Gasteiger partial charge is 0.230 e. The van der Waals surface area contributed by atoms with Gasteiger partial charge in [0.25, 0.3) is 0 Å². The number of hydrogen-bond donors (Lipinski definition) is 5. The second kappa shape index (κ2) is 9.24. The quantitative estimate of drug-likeness (QED) is 0.428. The summed E-state index contributed by atoms with van der Waals surface area (Å²) in [4.78, 5) is 11.8. The lowest BCUT2D eigenvalue weighted by molar-refractivity contribution is -0.118. The van der Waals surface area contributed by atoms with Crippen molar-refractivity contribution < 1.29 is 20.1 Å². The van der Waals surface area contributed by atoms with Gasteiger partial charge in [-0.15, -0.1) is 0 Å². The maximum Gasteiger partial charge on any atom is 0.230 e. The molecule has 4 unspecified atom stereocenters. The lowest BCUT2D eigenvalue weighted by Crippen LogP contribution is -2.59. The second-order valence-electron chi connectivity index (χ2n) is 5.67. The Hall–Kier alpha value is -1.12. The van der Waals surface area contributed by atoms with Crippen molar-refractivity contribution in [3.8, 4) is 0 Å². The highest BCUT2D eigenvalue weighted by Crippen LogP contribution is 2.15. The van der Waals surface area contributed by atoms with Crippen LogP contribution >= 0.6 is 11.8 Å². The van der Waals surface area contributed by atoms with Gasteiger partial charge >= 0.3 is 0 Å². The highest BCUT2D eigenvalue weighted by Gasteiger charge is 2.35. The van der Waals surface area contributed by atoms with E-state index in [-0.39, 0.29) is 18.5 Å². The molecule has 6 nitrogen and oxygen atoms in total. The average molecular weight is 340 g/mol. The van der Waals surface area contributed by atoms with Gasteiger partial charge in [-0.05, 0) is 17.7 Å². The predicted molar refractivity (Wildman–Crippen MR) is 90.0 cm³/mol. The van der Waals surface area contributed by atoms with Gasteiger partial charge in [0.15, 0.2) is 0 Å². The fourth-order valence-corrected chi connectivity index (χ4v) is 3.33. The number of amides is 1. The van der Waals surface area contributed by atoms with E-state index >= 15 is 0 Å². The maximum atomic E-state index is 11.8. The van der Waals surface area contributed by atoms with E-state index in [9.17, 15) is 20.1 Å². The molecular formula is C16H24N2O4S. The minimum atomic E-state index is -1.11. The number of carbonyl (C=O) groups excluding carboxylic acids is 1. The van der Waals surface area contributed by atoms with Crippen LogP contribution < -0.4 is 10.6 Å². The Morgan fingerprint density at radius 1 is 1.22 bits per heavy atom. The molecule has 7 heteroatoms. The van der Waals surface area contributed by atoms with E-state index in [1.54, 1.807) is 0 Å². The van der Waals surface area contributed by atoms with Gasteiger partial charge in [0.2, 0.25) is 5.91 Å². The summed E-state index contributed by atoms with van der Waals surface area (Å²) in [6.07, 6.45) is -2.40. The first-order valence-electron chi connectivity index (χ1n) is 7.74. The number of hydrogen-bond acceptors (Lipinski definition) is 6. The van der Waals surface area contributed by atoms with E-state index in [1.807, 2.05) is 30.3 Å². The highest BCUT2D eigenvalue weighted by molar-refractivity contribution is 7.99. The van der Waals surface area contributed by atoms with Crippen LogP contribution in [0.2, 0.25) is 0 Å². The molecule has 1 fully saturated rings. The van der Waals surface area contributed by atoms with Crippen molar-refractivity contribution in [1.82, 2.24) is 10.6 Å². The van der Waals surface area contributed by atoms with Gasteiger partial charge in [-0.25, -0.2) is 0 Å². The zero-order chi connectivity index (χ0) is 16.7. The van der Waals surface area contributed by atoms with Crippen LogP contribution in [0.15, 0.2) is 30.3 Å². The molecule has 0 bridgehead atoms. The number of aliphatic hydroxyl groups is 3. The van der Waals surface area contributed by atoms with Crippen molar-refractivity contribution >= 4 is 17.7 Å². The number of piperidine rings is 1. The third kappa shape index (κ3) is 5.78. The molecule has 23 heavy (non-hydrogen) atoms. The summed E-state index contributed by atoms with van der Waals surface area (Å²) in [5.74, 6) is 1.03. The number of rotatable bonds is 7. The standard InChI is InChI=1S/C16H24N2O4S/c19-13-9-17-12(15(21)16(13)22)6-7-23-10-14(20)18-8-11-4-2-1-3-5-11/h1-5,12-13,15-17,19,21-22H,6-10H2,(H,18,20). The molecule has 0 radical (unpaired) electrons. The number of aliphatic hydroxyl groups excluding tert-OH is 3. The molecule has 0 aliphatic carbocycles. The molecule has 4 atom stereocenters. The normalized spacial score (nSPS) is 27.6. The summed E-state index contributed by atoms with van der Waals surface area (Å²) >= 11 is 1.49. The SMILES string of the molecule is O=C(CSCCC1NCC(O)C(O)C1O)NCc1ccccc1. The lowest BCUT2D eigenvalue weighted by atomic mass is 9.94. The van der Waals surface area contributed by atoms with Crippen molar-refractivity contribution in [2.24, 2.45) is 0 Å². The van der Waals surface area contributed by atoms with Gasteiger partial charge < -0.3 is 26.0 Å². The van der Waals surface area contributed by atoms with Gasteiger partial charge in [0, 0.05) is 19.1 Å². The molecule has 1 saturated heterocycles. The lowest BCUT2D eigenvalue weighted by Gasteiger charge is -2.36. The summed E-state index contributed by atoms with van der Waals surface area (Å²) in [6, 6.07) is 9.47. The van der Waals surface area contributed by atoms with Crippen LogP contribution in [0.1, 0.15) is 12.0 Å². The van der Waals surface area contributed by atoms with Crippen molar-refractivity contribution in [3.05, 3.63) is 35.9 Å². The predicted octanol–water partition coefficient (Wildman–Crippen LogP) is -0.519. The van der Waals surface area contributed by atoms with Crippen LogP contribution in [0.4, 0.5) is 0 Å². The van der Waals surface area contributed by atoms with Crippen LogP contribution in [-0.2, 0) is 11.3 Å². The van der Waals surface area contributed by atoms with Crippen molar-refractivity contribution in [1.29, 1.82) is 0 Å². The highest BCUT2D eigenvalue weighted by atomic mass is 32.2. The number of benzene rings is 1. The Labute approximate surface area is 140 Å². The fourth-order valence-electron chi connectivity index (χ4n) is 2.47. The topological polar surface area (TPSA) is 102 Å². The number of β-amino-alcohol motifs (C(OH)–C–C–N with tert-alkyl or cyclic N) is 1. The molecule has 1 aromatic rings. The molecule has 5 N–H and O–H groups in total. The second-order valence-corrected chi connectivity index (χ2v) is 6.77. The summed E-state index contributed by atoms with van der Waals surface area (Å²) in [5.41, 5.74) is 1.06. The Morgan fingerprint density at radius 3 is 2.70 bits per heavy atom. The summed E-state index contributed by atoms with van der Waals surface area (Å²) < 4.78 is 0. The number of carbonyl (C=O) groups is 1. The van der Waals surface area contributed by atoms with E-state index in [0.29, 0.717) is 24.5 Å². The monoisotopic (exact) mass is 340 g/mol. The Balaban J connectivity index is 1.59. The van der Waals surface area contributed by atoms with Crippen LogP contribution in [0.3, 0.4) is 0 Å². The summed E-state index contributed by atoms with van der Waals surface area (Å²) in [6.45, 7) is 0.790. The Morgan fingerprint density at radius 2 is 1.96 bits per heavy atom. The molecule has 1 aromatic carbocycles. The molecule has 0 aromatic heterocycles. The zero-order valence-electron chi connectivity index (χ0n) is 12.9. The Bertz CT molecular complexity index is 488. The Kier molecular flexibility index (Phi) is 7.32. The van der Waals surface area contributed by atoms with Crippen LogP contribution in [0.5, 0.6) is 0 Å².